The average Bonchev–Trinajstić information content (AvgIpc) is 0.708. The summed E-state index contributed by atoms with van der Waals surface area (Å²) in [4.78, 5) is 0. The highest BCUT2D eigenvalue weighted by Crippen LogP contribution is 2.44. The van der Waals surface area contributed by atoms with Crippen molar-refractivity contribution in [2.45, 2.75) is 0 Å². The number of halogens is 4. The largest absolute Gasteiger partial charge is 0.243 e. The summed E-state index contributed by atoms with van der Waals surface area (Å²) in [7, 11) is 0. The molecule has 0 spiro atoms. The topological polar surface area (TPSA) is 0 Å². The van der Waals surface area contributed by atoms with E-state index in [0.717, 1.165) is 141 Å². The summed E-state index contributed by atoms with van der Waals surface area (Å²) in [6.45, 7) is -1.10. The number of hydrogen-bond donors (Lipinski definition) is 0. The van der Waals surface area contributed by atoms with Gasteiger partial charge in [-0.1, -0.05) is 251 Å². The van der Waals surface area contributed by atoms with Crippen molar-refractivity contribution in [3.63, 3.8) is 0 Å². The zero-order chi connectivity index (χ0) is 59.9. The molecule has 418 valence electrons. The molecule has 18 rings (SSSR count). The second-order valence-electron chi connectivity index (χ2n) is 24.2. The first-order valence-corrected chi connectivity index (χ1v) is 30.6. The van der Waals surface area contributed by atoms with Gasteiger partial charge in [-0.05, 0) is 202 Å². The molecule has 0 aromatic heterocycles. The van der Waals surface area contributed by atoms with Crippen LogP contribution in [0.1, 0.15) is 0 Å². The molecule has 0 aliphatic heterocycles. The molecular weight excluding hydrogens is 1110 g/mol. The van der Waals surface area contributed by atoms with Crippen LogP contribution in [0.3, 0.4) is 0 Å². The summed E-state index contributed by atoms with van der Waals surface area (Å²) in [6.07, 6.45) is 0. The molecule has 0 nitrogen and oxygen atoms in total. The van der Waals surface area contributed by atoms with Gasteiger partial charge in [0.25, 0.3) is 0 Å². The summed E-state index contributed by atoms with van der Waals surface area (Å²) < 4.78 is 69.2. The Labute approximate surface area is 516 Å². The van der Waals surface area contributed by atoms with E-state index in [4.69, 9.17) is 0 Å². The van der Waals surface area contributed by atoms with E-state index in [2.05, 4.69) is 231 Å². The summed E-state index contributed by atoms with van der Waals surface area (Å²) in [6, 6.07) is 97.8. The third-order valence-corrected chi connectivity index (χ3v) is 19.4. The summed E-state index contributed by atoms with van der Waals surface area (Å²) in [5.41, 5.74) is 6.09. The summed E-state index contributed by atoms with van der Waals surface area (Å²) >= 11 is 0. The van der Waals surface area contributed by atoms with Crippen LogP contribution in [0, 0.1) is 23.3 Å². The van der Waals surface area contributed by atoms with Crippen molar-refractivity contribution in [3.8, 4) is 22.3 Å². The van der Waals surface area contributed by atoms with Gasteiger partial charge in [-0.15, -0.1) is 0 Å². The zero-order valence-corrected chi connectivity index (χ0v) is 48.4. The van der Waals surface area contributed by atoms with Gasteiger partial charge in [-0.3, -0.25) is 0 Å². The van der Waals surface area contributed by atoms with E-state index in [9.17, 15) is 0 Å². The van der Waals surface area contributed by atoms with E-state index in [1.54, 1.807) is 0 Å². The molecule has 90 heavy (non-hydrogen) atoms. The van der Waals surface area contributed by atoms with Gasteiger partial charge < -0.3 is 0 Å². The lowest BCUT2D eigenvalue weighted by molar-refractivity contribution is 0.589. The Morgan fingerprint density at radius 3 is 0.689 bits per heavy atom. The van der Waals surface area contributed by atoms with Crippen LogP contribution in [-0.2, 0) is 0 Å². The lowest BCUT2D eigenvalue weighted by Crippen LogP contribution is -2.53. The monoisotopic (exact) mass is 1150 g/mol. The fraction of sp³-hybridized carbons (Fsp3) is 0. The van der Waals surface area contributed by atoms with Crippen molar-refractivity contribution in [1.29, 1.82) is 0 Å². The van der Waals surface area contributed by atoms with E-state index >= 15 is 17.6 Å². The first-order chi connectivity index (χ1) is 44.3. The predicted octanol–water partition coefficient (Wildman–Crippen LogP) is 18.7. The number of fused-ring (bicyclic) bond motifs is 8. The van der Waals surface area contributed by atoms with Crippen molar-refractivity contribution in [2.24, 2.45) is 0 Å². The Morgan fingerprint density at radius 1 is 0.178 bits per heavy atom. The Balaban J connectivity index is 1.04. The highest BCUT2D eigenvalue weighted by atomic mass is 19.1. The second-order valence-corrected chi connectivity index (χ2v) is 24.2. The molecule has 0 radical (unpaired) electrons. The van der Waals surface area contributed by atoms with Crippen LogP contribution in [0.2, 0.25) is 0 Å². The molecule has 0 atom stereocenters. The van der Waals surface area contributed by atoms with Gasteiger partial charge in [0.1, 0.15) is 23.3 Å². The molecule has 0 fully saturated rings. The van der Waals surface area contributed by atoms with Gasteiger partial charge in [0, 0.05) is 0 Å². The minimum Gasteiger partial charge on any atom is -0.206 e. The normalized spacial score (nSPS) is 12.0. The summed E-state index contributed by atoms with van der Waals surface area (Å²) in [5, 5.41) is 21.5. The van der Waals surface area contributed by atoms with Gasteiger partial charge in [0.2, 0.25) is 13.4 Å². The Bertz CT molecular complexity index is 5420. The van der Waals surface area contributed by atoms with Crippen molar-refractivity contribution in [3.05, 3.63) is 314 Å². The molecule has 0 aliphatic rings. The quantitative estimate of drug-likeness (QED) is 0.0616. The van der Waals surface area contributed by atoms with E-state index in [1.165, 1.54) is 36.4 Å². The lowest BCUT2D eigenvalue weighted by atomic mass is 9.34. The maximum atomic E-state index is 17.3. The molecule has 0 saturated carbocycles. The van der Waals surface area contributed by atoms with Crippen LogP contribution in [0.4, 0.5) is 17.6 Å². The van der Waals surface area contributed by atoms with Crippen LogP contribution >= 0.6 is 0 Å². The molecule has 0 bridgehead atoms. The Kier molecular flexibility index (Phi) is 11.7. The van der Waals surface area contributed by atoms with Crippen molar-refractivity contribution in [2.75, 3.05) is 0 Å². The molecule has 0 N–H and O–H groups in total. The van der Waals surface area contributed by atoms with Gasteiger partial charge in [-0.2, -0.15) is 0 Å². The van der Waals surface area contributed by atoms with Crippen LogP contribution in [0.25, 0.3) is 141 Å². The highest BCUT2D eigenvalue weighted by molar-refractivity contribution is 7.00. The van der Waals surface area contributed by atoms with Crippen molar-refractivity contribution in [1.82, 2.24) is 0 Å². The molecule has 0 saturated heterocycles. The van der Waals surface area contributed by atoms with E-state index in [0.29, 0.717) is 21.9 Å². The predicted molar refractivity (Wildman–Crippen MR) is 376 cm³/mol. The third-order valence-electron chi connectivity index (χ3n) is 19.4. The van der Waals surface area contributed by atoms with Crippen LogP contribution < -0.4 is 32.8 Å². The minimum atomic E-state index is -0.706. The Hall–Kier alpha value is -11.1. The molecule has 0 aliphatic carbocycles. The second kappa shape index (κ2) is 20.2. The Morgan fingerprint density at radius 2 is 0.411 bits per heavy atom. The van der Waals surface area contributed by atoms with Crippen LogP contribution in [0.5, 0.6) is 0 Å². The third kappa shape index (κ3) is 8.04. The number of rotatable bonds is 8. The summed E-state index contributed by atoms with van der Waals surface area (Å²) in [5.74, 6) is -2.82. The molecule has 0 unspecified atom stereocenters. The molecule has 18 aromatic carbocycles. The average molecular weight is 1150 g/mol. The zero-order valence-electron chi connectivity index (χ0n) is 48.4. The van der Waals surface area contributed by atoms with Gasteiger partial charge in [-0.25, -0.2) is 17.6 Å². The minimum absolute atomic E-state index is 0.160. The SMILES string of the molecule is Fc1cccc(F)c1-c1cc(B(c2cccc3cc4ccccc4cc23)c2cccc3cc4ccccc4cc23)c2ccc3c(-c4c(F)cccc4F)cc(B(c4cccc5cc6ccccc6cc45)c4cccc5cc6ccccc6cc45)c4ccc1c2c43. The fourth-order valence-electron chi connectivity index (χ4n) is 15.4. The first-order valence-electron chi connectivity index (χ1n) is 30.6. The van der Waals surface area contributed by atoms with E-state index < -0.39 is 36.7 Å². The van der Waals surface area contributed by atoms with E-state index in [1.807, 2.05) is 24.3 Å². The maximum absolute atomic E-state index is 17.3. The molecule has 18 aromatic rings. The molecule has 6 heteroatoms. The van der Waals surface area contributed by atoms with Crippen LogP contribution in [-0.4, -0.2) is 13.4 Å². The van der Waals surface area contributed by atoms with Gasteiger partial charge >= 0.3 is 0 Å². The number of benzene rings is 18. The van der Waals surface area contributed by atoms with Gasteiger partial charge in [0.05, 0.1) is 11.1 Å². The molecule has 0 amide bonds. The van der Waals surface area contributed by atoms with Gasteiger partial charge in [0.15, 0.2) is 0 Å². The van der Waals surface area contributed by atoms with Crippen LogP contribution in [0.15, 0.2) is 291 Å². The van der Waals surface area contributed by atoms with Crippen molar-refractivity contribution < 1.29 is 17.6 Å². The fourth-order valence-corrected chi connectivity index (χ4v) is 15.4. The highest BCUT2D eigenvalue weighted by Gasteiger charge is 2.34. The standard InChI is InChI=1S/C84H48B2F4/c87-77-31-13-32-78(88)83(77)69-47-75(85(71-27-9-23-57-39-49-15-1-5-19-53(49)43-65(57)71)72-28-10-24-58-40-50-16-2-6-20-54(50)44-66(58)72)63-37-35-62-70(84-79(89)33-14-34-80(84)90)48-76(64-38-36-61(69)81(63)82(62)64)86(73-29-11-25-59-41-51-17-3-7-21-55(51)45-67(59)73)74-30-12-26-60-42-52-18-4-8-22-56(52)46-68(60)74/h1-48H. The number of hydrogen-bond acceptors (Lipinski definition) is 0. The van der Waals surface area contributed by atoms with Crippen molar-refractivity contribution >= 4 is 165 Å². The first kappa shape index (κ1) is 52.1. The smallest absolute Gasteiger partial charge is 0.206 e. The lowest BCUT2D eigenvalue weighted by Gasteiger charge is -2.27. The molecule has 0 heterocycles. The maximum Gasteiger partial charge on any atom is 0.243 e. The van der Waals surface area contributed by atoms with E-state index in [-0.39, 0.29) is 11.1 Å². The molecular formula is C84H48B2F4.